The molecule has 1 atom stereocenters. The number of H-pyrrole nitrogens is 1. The van der Waals surface area contributed by atoms with Crippen LogP contribution in [0.4, 0.5) is 24.7 Å². The Bertz CT molecular complexity index is 1320. The number of halogens is 3. The highest BCUT2D eigenvalue weighted by Crippen LogP contribution is 2.40. The van der Waals surface area contributed by atoms with Gasteiger partial charge in [0.15, 0.2) is 11.9 Å². The predicted octanol–water partition coefficient (Wildman–Crippen LogP) is 6.30. The second-order valence-electron chi connectivity index (χ2n) is 10.8. The van der Waals surface area contributed by atoms with E-state index in [1.54, 1.807) is 31.3 Å². The van der Waals surface area contributed by atoms with Gasteiger partial charge in [-0.2, -0.15) is 18.3 Å². The van der Waals surface area contributed by atoms with Crippen molar-refractivity contribution in [2.75, 3.05) is 30.8 Å². The summed E-state index contributed by atoms with van der Waals surface area (Å²) in [7, 11) is 1.61. The number of aromatic amines is 1. The summed E-state index contributed by atoms with van der Waals surface area (Å²) in [5.74, 6) is 1.42. The van der Waals surface area contributed by atoms with E-state index < -0.39 is 12.3 Å². The molecule has 0 spiro atoms. The number of benzene rings is 2. The zero-order chi connectivity index (χ0) is 27.7. The van der Waals surface area contributed by atoms with E-state index in [4.69, 9.17) is 10.5 Å². The number of nitrogen functional groups attached to an aromatic ring is 1. The minimum absolute atomic E-state index is 0.00352. The molecule has 1 aliphatic heterocycles. The van der Waals surface area contributed by atoms with Crippen LogP contribution in [0, 0.1) is 11.8 Å². The van der Waals surface area contributed by atoms with Crippen molar-refractivity contribution in [3.63, 3.8) is 0 Å². The normalized spacial score (nSPS) is 18.3. The number of nitrogens with zero attached hydrogens (tertiary/aromatic N) is 2. The van der Waals surface area contributed by atoms with E-state index >= 15 is 0 Å². The lowest BCUT2D eigenvalue weighted by atomic mass is 9.76. The second kappa shape index (κ2) is 11.0. The van der Waals surface area contributed by atoms with Gasteiger partial charge < -0.3 is 20.7 Å². The molecular formula is C29H36F3N5O2. The molecule has 1 amide bonds. The summed E-state index contributed by atoms with van der Waals surface area (Å²) in [6.07, 6.45) is 2.26. The van der Waals surface area contributed by atoms with Crippen molar-refractivity contribution in [2.45, 2.75) is 64.1 Å². The van der Waals surface area contributed by atoms with Crippen molar-refractivity contribution in [2.24, 2.45) is 11.8 Å². The standard InChI is InChI=1S/C29H36F3N5O2/c1-17(29(30,31)32)39-25-16-21(14-23-26(25)27(33)36-35-23)20-8-9-22(28(38)34-2)24(15-20)37-12-10-19(11-13-37)18-6-4-3-5-7-18/h8-9,14-19H,3-7,10-13H2,1-2H3,(H,34,38)(H3,33,35,36)/t17-/m1/s1. The zero-order valence-corrected chi connectivity index (χ0v) is 22.4. The molecule has 210 valence electrons. The molecule has 2 aromatic carbocycles. The molecule has 1 saturated heterocycles. The average Bonchev–Trinajstić information content (AvgIpc) is 3.33. The maximum Gasteiger partial charge on any atom is 0.425 e. The molecule has 7 nitrogen and oxygen atoms in total. The molecule has 2 heterocycles. The van der Waals surface area contributed by atoms with Crippen LogP contribution in [0.3, 0.4) is 0 Å². The van der Waals surface area contributed by atoms with Gasteiger partial charge in [-0.15, -0.1) is 0 Å². The Labute approximate surface area is 226 Å². The minimum Gasteiger partial charge on any atom is -0.480 e. The van der Waals surface area contributed by atoms with E-state index in [9.17, 15) is 18.0 Å². The van der Waals surface area contributed by atoms with Gasteiger partial charge in [-0.05, 0) is 67.0 Å². The van der Waals surface area contributed by atoms with Crippen molar-refractivity contribution >= 4 is 28.3 Å². The second-order valence-corrected chi connectivity index (χ2v) is 10.8. The van der Waals surface area contributed by atoms with Gasteiger partial charge in [0.25, 0.3) is 5.91 Å². The van der Waals surface area contributed by atoms with E-state index in [0.717, 1.165) is 55.9 Å². The molecule has 2 aliphatic rings. The highest BCUT2D eigenvalue weighted by molar-refractivity contribution is 6.01. The lowest BCUT2D eigenvalue weighted by Crippen LogP contribution is -2.37. The summed E-state index contributed by atoms with van der Waals surface area (Å²) >= 11 is 0. The lowest BCUT2D eigenvalue weighted by molar-refractivity contribution is -0.188. The monoisotopic (exact) mass is 543 g/mol. The van der Waals surface area contributed by atoms with E-state index in [1.165, 1.54) is 32.1 Å². The Morgan fingerprint density at radius 3 is 2.44 bits per heavy atom. The van der Waals surface area contributed by atoms with E-state index in [-0.39, 0.29) is 17.5 Å². The van der Waals surface area contributed by atoms with Gasteiger partial charge in [0.2, 0.25) is 0 Å². The van der Waals surface area contributed by atoms with Crippen molar-refractivity contribution in [1.82, 2.24) is 15.5 Å². The number of alkyl halides is 3. The van der Waals surface area contributed by atoms with Crippen LogP contribution in [0.5, 0.6) is 5.75 Å². The molecule has 2 fully saturated rings. The molecule has 10 heteroatoms. The third-order valence-corrected chi connectivity index (χ3v) is 8.42. The molecule has 0 bridgehead atoms. The first-order chi connectivity index (χ1) is 18.7. The van der Waals surface area contributed by atoms with Crippen molar-refractivity contribution in [1.29, 1.82) is 0 Å². The molecule has 3 aromatic rings. The Morgan fingerprint density at radius 1 is 1.08 bits per heavy atom. The Balaban J connectivity index is 1.48. The first kappa shape index (κ1) is 27.1. The van der Waals surface area contributed by atoms with Gasteiger partial charge in [-0.3, -0.25) is 9.89 Å². The van der Waals surface area contributed by atoms with Crippen LogP contribution in [0.1, 0.15) is 62.2 Å². The first-order valence-corrected chi connectivity index (χ1v) is 13.8. The minimum atomic E-state index is -4.53. The van der Waals surface area contributed by atoms with Gasteiger partial charge >= 0.3 is 6.18 Å². The number of amides is 1. The zero-order valence-electron chi connectivity index (χ0n) is 22.4. The number of fused-ring (bicyclic) bond motifs is 1. The number of hydrogen-bond donors (Lipinski definition) is 3. The SMILES string of the molecule is CNC(=O)c1ccc(-c2cc(O[C@H](C)C(F)(F)F)c3c(N)n[nH]c3c2)cc1N1CCC(C2CCCCC2)CC1. The lowest BCUT2D eigenvalue weighted by Gasteiger charge is -2.39. The van der Waals surface area contributed by atoms with E-state index in [2.05, 4.69) is 20.4 Å². The fourth-order valence-corrected chi connectivity index (χ4v) is 6.18. The number of nitrogens with two attached hydrogens (primary N) is 1. The van der Waals surface area contributed by atoms with Crippen molar-refractivity contribution in [3.05, 3.63) is 35.9 Å². The Hall–Kier alpha value is -3.43. The number of carbonyl (C=O) groups excluding carboxylic acids is 1. The summed E-state index contributed by atoms with van der Waals surface area (Å²) in [5, 5.41) is 9.81. The van der Waals surface area contributed by atoms with Crippen LogP contribution in [0.25, 0.3) is 22.0 Å². The summed E-state index contributed by atoms with van der Waals surface area (Å²) < 4.78 is 45.3. The van der Waals surface area contributed by atoms with Gasteiger partial charge in [0.1, 0.15) is 5.75 Å². The Kier molecular flexibility index (Phi) is 7.64. The highest BCUT2D eigenvalue weighted by Gasteiger charge is 2.38. The number of rotatable bonds is 6. The molecule has 1 saturated carbocycles. The fourth-order valence-electron chi connectivity index (χ4n) is 6.18. The third kappa shape index (κ3) is 5.65. The molecule has 39 heavy (non-hydrogen) atoms. The topological polar surface area (TPSA) is 96.3 Å². The number of anilines is 2. The molecule has 1 aromatic heterocycles. The van der Waals surface area contributed by atoms with E-state index in [1.807, 2.05) is 6.07 Å². The van der Waals surface area contributed by atoms with Crippen LogP contribution in [-0.4, -0.2) is 48.5 Å². The number of carbonyl (C=O) groups is 1. The van der Waals surface area contributed by atoms with Gasteiger partial charge in [0, 0.05) is 20.1 Å². The molecule has 4 N–H and O–H groups in total. The largest absolute Gasteiger partial charge is 0.480 e. The molecule has 5 rings (SSSR count). The summed E-state index contributed by atoms with van der Waals surface area (Å²) in [6.45, 7) is 2.69. The number of aromatic nitrogens is 2. The van der Waals surface area contributed by atoms with Crippen LogP contribution in [0.2, 0.25) is 0 Å². The molecule has 0 unspecified atom stereocenters. The number of piperidine rings is 1. The van der Waals surface area contributed by atoms with Crippen molar-refractivity contribution < 1.29 is 22.7 Å². The maximum absolute atomic E-state index is 13.3. The molecule has 0 radical (unpaired) electrons. The van der Waals surface area contributed by atoms with Crippen LogP contribution >= 0.6 is 0 Å². The average molecular weight is 544 g/mol. The highest BCUT2D eigenvalue weighted by atomic mass is 19.4. The van der Waals surface area contributed by atoms with E-state index in [0.29, 0.717) is 22.0 Å². The summed E-state index contributed by atoms with van der Waals surface area (Å²) in [4.78, 5) is 15.1. The number of nitrogens with one attached hydrogen (secondary N) is 2. The summed E-state index contributed by atoms with van der Waals surface area (Å²) in [5.41, 5.74) is 9.21. The first-order valence-electron chi connectivity index (χ1n) is 13.8. The van der Waals surface area contributed by atoms with Crippen LogP contribution in [0.15, 0.2) is 30.3 Å². The molecule has 1 aliphatic carbocycles. The van der Waals surface area contributed by atoms with Gasteiger partial charge in [-0.25, -0.2) is 0 Å². The van der Waals surface area contributed by atoms with Crippen LogP contribution in [-0.2, 0) is 0 Å². The third-order valence-electron chi connectivity index (χ3n) is 8.42. The van der Waals surface area contributed by atoms with Crippen LogP contribution < -0.4 is 20.7 Å². The fraction of sp³-hybridized carbons (Fsp3) is 0.517. The molecular weight excluding hydrogens is 507 g/mol. The number of ether oxygens (including phenoxy) is 1. The van der Waals surface area contributed by atoms with Gasteiger partial charge in [0.05, 0.1) is 22.2 Å². The maximum atomic E-state index is 13.3. The van der Waals surface area contributed by atoms with Gasteiger partial charge in [-0.1, -0.05) is 38.2 Å². The number of hydrogen-bond acceptors (Lipinski definition) is 5. The summed E-state index contributed by atoms with van der Waals surface area (Å²) in [6, 6.07) is 8.88. The Morgan fingerprint density at radius 2 is 1.77 bits per heavy atom. The smallest absolute Gasteiger partial charge is 0.425 e. The quantitative estimate of drug-likeness (QED) is 0.339. The predicted molar refractivity (Wildman–Crippen MR) is 147 cm³/mol. The van der Waals surface area contributed by atoms with Crippen molar-refractivity contribution in [3.8, 4) is 16.9 Å².